The van der Waals surface area contributed by atoms with Gasteiger partial charge in [0.1, 0.15) is 5.75 Å². The summed E-state index contributed by atoms with van der Waals surface area (Å²) in [5.74, 6) is 2.33. The van der Waals surface area contributed by atoms with E-state index in [2.05, 4.69) is 35.4 Å². The van der Waals surface area contributed by atoms with Crippen molar-refractivity contribution in [1.29, 1.82) is 0 Å². The van der Waals surface area contributed by atoms with Gasteiger partial charge in [-0.2, -0.15) is 0 Å². The van der Waals surface area contributed by atoms with Crippen LogP contribution in [0.4, 0.5) is 5.69 Å². The molecule has 0 aliphatic carbocycles. The predicted octanol–water partition coefficient (Wildman–Crippen LogP) is 5.35. The van der Waals surface area contributed by atoms with E-state index in [1.165, 1.54) is 17.3 Å². The number of amides is 1. The second-order valence-corrected chi connectivity index (χ2v) is 8.88. The van der Waals surface area contributed by atoms with Crippen LogP contribution in [0.25, 0.3) is 11.4 Å². The van der Waals surface area contributed by atoms with Crippen LogP contribution in [0.3, 0.4) is 0 Å². The molecular formula is C24H30N4O2S. The van der Waals surface area contributed by atoms with Crippen molar-refractivity contribution in [2.75, 3.05) is 17.7 Å². The molecule has 0 atom stereocenters. The molecule has 1 N–H and O–H groups in total. The molecule has 1 heterocycles. The summed E-state index contributed by atoms with van der Waals surface area (Å²) in [6.45, 7) is 11.7. The quantitative estimate of drug-likeness (QED) is 0.456. The summed E-state index contributed by atoms with van der Waals surface area (Å²) in [4.78, 5) is 12.4. The van der Waals surface area contributed by atoms with E-state index < -0.39 is 0 Å². The van der Waals surface area contributed by atoms with Gasteiger partial charge in [0.05, 0.1) is 12.4 Å². The van der Waals surface area contributed by atoms with Crippen LogP contribution in [0.5, 0.6) is 5.75 Å². The SMILES string of the molecule is CCn1c(SCC(=O)Nc2ccc(C)cc2C)nnc1-c1ccc(OCC(C)C)cc1. The minimum Gasteiger partial charge on any atom is -0.493 e. The Balaban J connectivity index is 1.65. The third kappa shape index (κ3) is 6.10. The van der Waals surface area contributed by atoms with E-state index in [4.69, 9.17) is 4.74 Å². The monoisotopic (exact) mass is 438 g/mol. The summed E-state index contributed by atoms with van der Waals surface area (Å²) in [5, 5.41) is 12.4. The number of hydrogen-bond donors (Lipinski definition) is 1. The molecule has 7 heteroatoms. The molecule has 3 rings (SSSR count). The number of thioether (sulfide) groups is 1. The molecule has 0 aliphatic heterocycles. The number of aromatic nitrogens is 3. The highest BCUT2D eigenvalue weighted by Gasteiger charge is 2.15. The van der Waals surface area contributed by atoms with Crippen molar-refractivity contribution in [3.8, 4) is 17.1 Å². The summed E-state index contributed by atoms with van der Waals surface area (Å²) >= 11 is 1.39. The van der Waals surface area contributed by atoms with Gasteiger partial charge in [0.2, 0.25) is 5.91 Å². The molecule has 0 unspecified atom stereocenters. The molecule has 1 amide bonds. The van der Waals surface area contributed by atoms with Gasteiger partial charge in [-0.25, -0.2) is 0 Å². The average molecular weight is 439 g/mol. The molecule has 3 aromatic rings. The Morgan fingerprint density at radius 3 is 2.52 bits per heavy atom. The molecule has 0 bridgehead atoms. The average Bonchev–Trinajstić information content (AvgIpc) is 3.16. The lowest BCUT2D eigenvalue weighted by Crippen LogP contribution is -2.15. The van der Waals surface area contributed by atoms with E-state index in [1.807, 2.05) is 61.7 Å². The summed E-state index contributed by atoms with van der Waals surface area (Å²) in [7, 11) is 0. The molecule has 0 aliphatic rings. The van der Waals surface area contributed by atoms with Crippen LogP contribution in [0.15, 0.2) is 47.6 Å². The Hall–Kier alpha value is -2.80. The topological polar surface area (TPSA) is 69.0 Å². The normalized spacial score (nSPS) is 11.0. The molecule has 2 aromatic carbocycles. The number of rotatable bonds is 9. The first-order chi connectivity index (χ1) is 14.9. The smallest absolute Gasteiger partial charge is 0.234 e. The van der Waals surface area contributed by atoms with Crippen molar-refractivity contribution in [3.63, 3.8) is 0 Å². The third-order valence-corrected chi connectivity index (χ3v) is 5.68. The second-order valence-electron chi connectivity index (χ2n) is 7.93. The zero-order valence-corrected chi connectivity index (χ0v) is 19.6. The zero-order valence-electron chi connectivity index (χ0n) is 18.8. The van der Waals surface area contributed by atoms with Crippen LogP contribution in [0.2, 0.25) is 0 Å². The second kappa shape index (κ2) is 10.5. The fraction of sp³-hybridized carbons (Fsp3) is 0.375. The molecule has 0 spiro atoms. The number of nitrogens with zero attached hydrogens (tertiary/aromatic N) is 3. The van der Waals surface area contributed by atoms with E-state index in [9.17, 15) is 4.79 Å². The van der Waals surface area contributed by atoms with Crippen LogP contribution >= 0.6 is 11.8 Å². The number of anilines is 1. The lowest BCUT2D eigenvalue weighted by Gasteiger charge is -2.11. The van der Waals surface area contributed by atoms with Crippen molar-refractivity contribution in [1.82, 2.24) is 14.8 Å². The Kier molecular flexibility index (Phi) is 7.74. The minimum absolute atomic E-state index is 0.0594. The van der Waals surface area contributed by atoms with Gasteiger partial charge < -0.3 is 14.6 Å². The minimum atomic E-state index is -0.0594. The van der Waals surface area contributed by atoms with Crippen LogP contribution < -0.4 is 10.1 Å². The first-order valence-corrected chi connectivity index (χ1v) is 11.5. The molecule has 164 valence electrons. The summed E-state index contributed by atoms with van der Waals surface area (Å²) in [6.07, 6.45) is 0. The molecule has 0 saturated carbocycles. The van der Waals surface area contributed by atoms with Crippen molar-refractivity contribution in [2.24, 2.45) is 5.92 Å². The largest absolute Gasteiger partial charge is 0.493 e. The Morgan fingerprint density at radius 1 is 1.13 bits per heavy atom. The van der Waals surface area contributed by atoms with Crippen LogP contribution in [0.1, 0.15) is 31.9 Å². The number of carbonyl (C=O) groups excluding carboxylic acids is 1. The molecular weight excluding hydrogens is 408 g/mol. The number of nitrogens with one attached hydrogen (secondary N) is 1. The standard InChI is InChI=1S/C24H30N4O2S/c1-6-28-23(19-8-10-20(11-9-19)30-14-16(2)3)26-27-24(28)31-15-22(29)25-21-12-7-17(4)13-18(21)5/h7-13,16H,6,14-15H2,1-5H3,(H,25,29). The van der Waals surface area contributed by atoms with Crippen molar-refractivity contribution >= 4 is 23.4 Å². The van der Waals surface area contributed by atoms with Crippen molar-refractivity contribution in [2.45, 2.75) is 46.3 Å². The number of benzene rings is 2. The number of hydrogen-bond acceptors (Lipinski definition) is 5. The van der Waals surface area contributed by atoms with Crippen LogP contribution in [0, 0.1) is 19.8 Å². The van der Waals surface area contributed by atoms with Gasteiger partial charge in [0.15, 0.2) is 11.0 Å². The lowest BCUT2D eigenvalue weighted by atomic mass is 10.1. The van der Waals surface area contributed by atoms with Gasteiger partial charge in [-0.15, -0.1) is 10.2 Å². The maximum absolute atomic E-state index is 12.4. The van der Waals surface area contributed by atoms with E-state index in [-0.39, 0.29) is 11.7 Å². The highest BCUT2D eigenvalue weighted by atomic mass is 32.2. The number of ether oxygens (including phenoxy) is 1. The fourth-order valence-corrected chi connectivity index (χ4v) is 3.93. The Labute approximate surface area is 188 Å². The van der Waals surface area contributed by atoms with Crippen molar-refractivity contribution < 1.29 is 9.53 Å². The zero-order chi connectivity index (χ0) is 22.4. The lowest BCUT2D eigenvalue weighted by molar-refractivity contribution is -0.113. The van der Waals surface area contributed by atoms with Crippen LogP contribution in [-0.2, 0) is 11.3 Å². The first-order valence-electron chi connectivity index (χ1n) is 10.5. The highest BCUT2D eigenvalue weighted by molar-refractivity contribution is 7.99. The Bertz CT molecular complexity index is 1030. The summed E-state index contributed by atoms with van der Waals surface area (Å²) in [6, 6.07) is 13.9. The fourth-order valence-electron chi connectivity index (χ4n) is 3.13. The predicted molar refractivity (Wildman–Crippen MR) is 127 cm³/mol. The van der Waals surface area contributed by atoms with Crippen molar-refractivity contribution in [3.05, 3.63) is 53.6 Å². The van der Waals surface area contributed by atoms with Gasteiger partial charge in [0, 0.05) is 17.8 Å². The van der Waals surface area contributed by atoms with Gasteiger partial charge in [0.25, 0.3) is 0 Å². The molecule has 0 radical (unpaired) electrons. The van der Waals surface area contributed by atoms with Gasteiger partial charge in [-0.1, -0.05) is 43.3 Å². The summed E-state index contributed by atoms with van der Waals surface area (Å²) < 4.78 is 7.78. The van der Waals surface area contributed by atoms with Gasteiger partial charge >= 0.3 is 0 Å². The van der Waals surface area contributed by atoms with E-state index in [1.54, 1.807) is 0 Å². The van der Waals surface area contributed by atoms with Gasteiger partial charge in [-0.3, -0.25) is 4.79 Å². The number of aryl methyl sites for hydroxylation is 2. The highest BCUT2D eigenvalue weighted by Crippen LogP contribution is 2.26. The summed E-state index contributed by atoms with van der Waals surface area (Å²) in [5.41, 5.74) is 4.04. The van der Waals surface area contributed by atoms with Gasteiger partial charge in [-0.05, 0) is 62.6 Å². The molecule has 6 nitrogen and oxygen atoms in total. The number of carbonyl (C=O) groups is 1. The van der Waals surface area contributed by atoms with E-state index in [0.717, 1.165) is 40.1 Å². The molecule has 0 fully saturated rings. The first kappa shape index (κ1) is 22.9. The van der Waals surface area contributed by atoms with E-state index >= 15 is 0 Å². The maximum atomic E-state index is 12.4. The van der Waals surface area contributed by atoms with E-state index in [0.29, 0.717) is 12.5 Å². The van der Waals surface area contributed by atoms with Crippen LogP contribution in [-0.4, -0.2) is 33.0 Å². The molecule has 31 heavy (non-hydrogen) atoms. The third-order valence-electron chi connectivity index (χ3n) is 4.72. The maximum Gasteiger partial charge on any atom is 0.234 e. The molecule has 1 aromatic heterocycles. The molecule has 0 saturated heterocycles. The Morgan fingerprint density at radius 2 is 1.87 bits per heavy atom.